The lowest BCUT2D eigenvalue weighted by Crippen LogP contribution is -2.28. The summed E-state index contributed by atoms with van der Waals surface area (Å²) in [5.74, 6) is 0.750. The van der Waals surface area contributed by atoms with E-state index in [4.69, 9.17) is 0 Å². The number of benzene rings is 3. The number of carbonyl (C=O) groups is 1. The van der Waals surface area contributed by atoms with Gasteiger partial charge in [-0.15, -0.1) is 0 Å². The van der Waals surface area contributed by atoms with Gasteiger partial charge in [-0.05, 0) is 60.3 Å². The minimum Gasteiger partial charge on any atom is -0.343 e. The molecule has 5 rings (SSSR count). The van der Waals surface area contributed by atoms with Crippen molar-refractivity contribution in [1.29, 1.82) is 0 Å². The lowest BCUT2D eigenvalue weighted by atomic mass is 10.0. The predicted octanol–water partition coefficient (Wildman–Crippen LogP) is 5.14. The normalized spacial score (nSPS) is 13.8. The summed E-state index contributed by atoms with van der Waals surface area (Å²) in [6.45, 7) is 3.47. The highest BCUT2D eigenvalue weighted by molar-refractivity contribution is 5.80. The molecule has 5 nitrogen and oxygen atoms in total. The van der Waals surface area contributed by atoms with E-state index in [0.29, 0.717) is 17.8 Å². The van der Waals surface area contributed by atoms with Crippen LogP contribution in [0, 0.1) is 5.82 Å². The second-order valence-corrected chi connectivity index (χ2v) is 8.54. The van der Waals surface area contributed by atoms with E-state index in [-0.39, 0.29) is 5.82 Å². The number of aromatic nitrogens is 2. The Hall–Kier alpha value is -3.51. The van der Waals surface area contributed by atoms with Gasteiger partial charge in [-0.2, -0.15) is 0 Å². The maximum atomic E-state index is 13.5. The maximum Gasteiger partial charge on any atom is 0.222 e. The summed E-state index contributed by atoms with van der Waals surface area (Å²) in [7, 11) is 0. The van der Waals surface area contributed by atoms with Crippen LogP contribution in [-0.2, 0) is 11.3 Å². The van der Waals surface area contributed by atoms with Gasteiger partial charge in [-0.3, -0.25) is 4.79 Å². The summed E-state index contributed by atoms with van der Waals surface area (Å²) in [4.78, 5) is 21.4. The lowest BCUT2D eigenvalue weighted by Gasteiger charge is -2.15. The average Bonchev–Trinajstić information content (AvgIpc) is 3.45. The van der Waals surface area contributed by atoms with Crippen LogP contribution >= 0.6 is 0 Å². The molecule has 0 radical (unpaired) electrons. The Morgan fingerprint density at radius 2 is 1.85 bits per heavy atom. The molecule has 0 spiro atoms. The molecule has 2 heterocycles. The maximum absolute atomic E-state index is 13.5. The van der Waals surface area contributed by atoms with Crippen LogP contribution in [0.4, 0.5) is 4.39 Å². The predicted molar refractivity (Wildman–Crippen MR) is 129 cm³/mol. The number of aromatic amines is 1. The monoisotopic (exact) mass is 442 g/mol. The van der Waals surface area contributed by atoms with Crippen LogP contribution < -0.4 is 5.32 Å². The molecule has 0 unspecified atom stereocenters. The number of nitrogens with zero attached hydrogens (tertiary/aromatic N) is 2. The molecule has 33 heavy (non-hydrogen) atoms. The number of hydrogen-bond acceptors (Lipinski definition) is 3. The molecular weight excluding hydrogens is 415 g/mol. The number of hydrogen-bond donors (Lipinski definition) is 2. The fourth-order valence-corrected chi connectivity index (χ4v) is 4.35. The first-order chi connectivity index (χ1) is 16.2. The Kier molecular flexibility index (Phi) is 6.17. The molecule has 4 aromatic rings. The molecule has 6 heteroatoms. The van der Waals surface area contributed by atoms with Crippen molar-refractivity contribution in [2.45, 2.75) is 25.8 Å². The first kappa shape index (κ1) is 21.3. The smallest absolute Gasteiger partial charge is 0.222 e. The third-order valence-electron chi connectivity index (χ3n) is 6.15. The molecule has 168 valence electrons. The average molecular weight is 443 g/mol. The zero-order valence-corrected chi connectivity index (χ0v) is 18.5. The van der Waals surface area contributed by atoms with Gasteiger partial charge in [0.2, 0.25) is 5.91 Å². The highest BCUT2D eigenvalue weighted by atomic mass is 19.1. The molecule has 0 saturated carbocycles. The van der Waals surface area contributed by atoms with E-state index < -0.39 is 0 Å². The second-order valence-electron chi connectivity index (χ2n) is 8.54. The summed E-state index contributed by atoms with van der Waals surface area (Å²) in [5.41, 5.74) is 5.88. The summed E-state index contributed by atoms with van der Waals surface area (Å²) in [6, 6.07) is 21.3. The van der Waals surface area contributed by atoms with Crippen molar-refractivity contribution < 1.29 is 9.18 Å². The third kappa shape index (κ3) is 4.96. The first-order valence-corrected chi connectivity index (χ1v) is 11.5. The number of halogens is 1. The number of likely N-dealkylation sites (tertiary alicyclic amines) is 1. The summed E-state index contributed by atoms with van der Waals surface area (Å²) < 4.78 is 13.5. The van der Waals surface area contributed by atoms with E-state index in [2.05, 4.69) is 51.7 Å². The first-order valence-electron chi connectivity index (χ1n) is 11.5. The van der Waals surface area contributed by atoms with Crippen molar-refractivity contribution >= 4 is 16.9 Å². The van der Waals surface area contributed by atoms with Gasteiger partial charge in [0.25, 0.3) is 0 Å². The quantitative estimate of drug-likeness (QED) is 0.372. The van der Waals surface area contributed by atoms with Gasteiger partial charge in [0.05, 0.1) is 11.0 Å². The van der Waals surface area contributed by atoms with Crippen LogP contribution in [0.1, 0.15) is 24.8 Å². The van der Waals surface area contributed by atoms with Crippen LogP contribution in [0.3, 0.4) is 0 Å². The van der Waals surface area contributed by atoms with Crippen LogP contribution in [0.5, 0.6) is 0 Å². The second kappa shape index (κ2) is 9.55. The molecule has 0 atom stereocenters. The molecule has 1 aromatic heterocycles. The van der Waals surface area contributed by atoms with Crippen LogP contribution in [0.15, 0.2) is 66.7 Å². The van der Waals surface area contributed by atoms with Gasteiger partial charge in [0, 0.05) is 31.6 Å². The Morgan fingerprint density at radius 3 is 2.67 bits per heavy atom. The Bertz CT molecular complexity index is 1260. The third-order valence-corrected chi connectivity index (χ3v) is 6.15. The van der Waals surface area contributed by atoms with E-state index in [1.165, 1.54) is 17.7 Å². The van der Waals surface area contributed by atoms with Gasteiger partial charge in [0.1, 0.15) is 11.6 Å². The van der Waals surface area contributed by atoms with Crippen molar-refractivity contribution in [2.24, 2.45) is 0 Å². The highest BCUT2D eigenvalue weighted by Crippen LogP contribution is 2.27. The van der Waals surface area contributed by atoms with Gasteiger partial charge in [-0.1, -0.05) is 42.5 Å². The molecule has 3 aromatic carbocycles. The van der Waals surface area contributed by atoms with E-state index in [1.54, 1.807) is 6.07 Å². The number of H-pyrrole nitrogens is 1. The Labute approximate surface area is 192 Å². The fourth-order valence-electron chi connectivity index (χ4n) is 4.35. The molecule has 1 aliphatic rings. The van der Waals surface area contributed by atoms with Gasteiger partial charge in [0.15, 0.2) is 0 Å². The van der Waals surface area contributed by atoms with Gasteiger partial charge >= 0.3 is 0 Å². The number of amides is 1. The van der Waals surface area contributed by atoms with Crippen molar-refractivity contribution in [1.82, 2.24) is 20.2 Å². The number of nitrogens with one attached hydrogen (secondary N) is 2. The minimum atomic E-state index is -0.275. The molecule has 0 aliphatic carbocycles. The summed E-state index contributed by atoms with van der Waals surface area (Å²) in [5, 5.41) is 3.47. The van der Waals surface area contributed by atoms with E-state index in [0.717, 1.165) is 67.1 Å². The van der Waals surface area contributed by atoms with Crippen molar-refractivity contribution in [3.05, 3.63) is 78.1 Å². The van der Waals surface area contributed by atoms with Gasteiger partial charge in [-0.25, -0.2) is 9.37 Å². The number of carbonyl (C=O) groups excluding carboxylic acids is 1. The highest BCUT2D eigenvalue weighted by Gasteiger charge is 2.18. The molecule has 1 fully saturated rings. The molecular formula is C27H27FN4O. The molecule has 1 saturated heterocycles. The molecule has 1 aliphatic heterocycles. The lowest BCUT2D eigenvalue weighted by molar-refractivity contribution is -0.127. The largest absolute Gasteiger partial charge is 0.343 e. The van der Waals surface area contributed by atoms with Crippen LogP contribution in [0.2, 0.25) is 0 Å². The zero-order chi connectivity index (χ0) is 22.6. The number of rotatable bonds is 8. The van der Waals surface area contributed by atoms with E-state index >= 15 is 0 Å². The summed E-state index contributed by atoms with van der Waals surface area (Å²) in [6.07, 6.45) is 2.69. The number of fused-ring (bicyclic) bond motifs is 1. The molecule has 1 amide bonds. The minimum absolute atomic E-state index is 0.275. The van der Waals surface area contributed by atoms with E-state index in [1.807, 2.05) is 17.0 Å². The SMILES string of the molecule is O=C1CCCN1CCCNCc1ccc(-c2cccc(-c3nc4ccc(F)cc4[nH]3)c2)cc1. The fraction of sp³-hybridized carbons (Fsp3) is 0.259. The topological polar surface area (TPSA) is 61.0 Å². The van der Waals surface area contributed by atoms with Gasteiger partial charge < -0.3 is 15.2 Å². The Balaban J connectivity index is 1.19. The van der Waals surface area contributed by atoms with Crippen molar-refractivity contribution in [2.75, 3.05) is 19.6 Å². The molecule has 0 bridgehead atoms. The Morgan fingerprint density at radius 1 is 1.00 bits per heavy atom. The van der Waals surface area contributed by atoms with Crippen LogP contribution in [0.25, 0.3) is 33.5 Å². The standard InChI is InChI=1S/C27H27FN4O/c28-23-11-12-24-25(17-23)31-27(30-24)22-5-1-4-21(16-22)20-9-7-19(8-10-20)18-29-13-3-15-32-14-2-6-26(32)33/h1,4-5,7-12,16-17,29H,2-3,6,13-15,18H2,(H,30,31). The van der Waals surface area contributed by atoms with E-state index in [9.17, 15) is 9.18 Å². The van der Waals surface area contributed by atoms with Crippen LogP contribution in [-0.4, -0.2) is 40.4 Å². The summed E-state index contributed by atoms with van der Waals surface area (Å²) >= 11 is 0. The molecule has 2 N–H and O–H groups in total. The van der Waals surface area contributed by atoms with Crippen molar-refractivity contribution in [3.8, 4) is 22.5 Å². The zero-order valence-electron chi connectivity index (χ0n) is 18.5. The van der Waals surface area contributed by atoms with Crippen molar-refractivity contribution in [3.63, 3.8) is 0 Å². The number of imidazole rings is 1.